The first kappa shape index (κ1) is 13.6. The molecule has 108 valence electrons. The number of amides is 2. The quantitative estimate of drug-likeness (QED) is 0.907. The number of rotatable bonds is 5. The lowest BCUT2D eigenvalue weighted by atomic mass is 10.2. The monoisotopic (exact) mass is 292 g/mol. The number of thiophene rings is 1. The van der Waals surface area contributed by atoms with Gasteiger partial charge in [0.15, 0.2) is 0 Å². The minimum absolute atomic E-state index is 0.0753. The number of nitrogens with zero attached hydrogens (tertiary/aromatic N) is 1. The van der Waals surface area contributed by atoms with Gasteiger partial charge in [-0.25, -0.2) is 0 Å². The van der Waals surface area contributed by atoms with E-state index in [2.05, 4.69) is 5.32 Å². The molecule has 2 amide bonds. The molecule has 4 nitrogen and oxygen atoms in total. The van der Waals surface area contributed by atoms with Gasteiger partial charge in [-0.1, -0.05) is 0 Å². The Labute approximate surface area is 123 Å². The van der Waals surface area contributed by atoms with Crippen molar-refractivity contribution in [3.8, 4) is 0 Å². The maximum atomic E-state index is 12.4. The maximum absolute atomic E-state index is 12.4. The summed E-state index contributed by atoms with van der Waals surface area (Å²) < 4.78 is 0. The Bertz CT molecular complexity index is 544. The zero-order chi connectivity index (χ0) is 14.3. The number of carbonyl (C=O) groups is 2. The molecule has 2 saturated carbocycles. The molecule has 1 aromatic rings. The highest BCUT2D eigenvalue weighted by molar-refractivity contribution is 7.18. The van der Waals surface area contributed by atoms with Crippen LogP contribution >= 0.6 is 11.3 Å². The van der Waals surface area contributed by atoms with Gasteiger partial charge < -0.3 is 10.2 Å². The molecule has 0 aromatic carbocycles. The molecule has 0 atom stereocenters. The molecule has 2 fully saturated rings. The van der Waals surface area contributed by atoms with E-state index in [4.69, 9.17) is 0 Å². The first-order valence-electron chi connectivity index (χ1n) is 7.21. The highest BCUT2D eigenvalue weighted by atomic mass is 32.1. The van der Waals surface area contributed by atoms with Gasteiger partial charge in [-0.15, -0.1) is 11.3 Å². The van der Waals surface area contributed by atoms with Crippen molar-refractivity contribution in [2.75, 3.05) is 18.9 Å². The van der Waals surface area contributed by atoms with Crippen molar-refractivity contribution >= 4 is 28.2 Å². The first-order valence-corrected chi connectivity index (χ1v) is 8.03. The first-order chi connectivity index (χ1) is 9.54. The Kier molecular flexibility index (Phi) is 3.54. The van der Waals surface area contributed by atoms with Crippen molar-refractivity contribution in [2.24, 2.45) is 11.8 Å². The van der Waals surface area contributed by atoms with Crippen molar-refractivity contribution in [3.63, 3.8) is 0 Å². The lowest BCUT2D eigenvalue weighted by Crippen LogP contribution is -2.28. The van der Waals surface area contributed by atoms with Gasteiger partial charge >= 0.3 is 0 Å². The molecule has 1 aromatic heterocycles. The van der Waals surface area contributed by atoms with Gasteiger partial charge in [0.25, 0.3) is 5.91 Å². The minimum atomic E-state index is 0.0753. The Morgan fingerprint density at radius 3 is 2.65 bits per heavy atom. The van der Waals surface area contributed by atoms with Crippen LogP contribution in [0.15, 0.2) is 6.07 Å². The molecule has 1 N–H and O–H groups in total. The molecule has 1 heterocycles. The number of hydrogen-bond acceptors (Lipinski definition) is 3. The van der Waals surface area contributed by atoms with Crippen molar-refractivity contribution in [2.45, 2.75) is 32.6 Å². The van der Waals surface area contributed by atoms with Gasteiger partial charge in [0, 0.05) is 19.5 Å². The second kappa shape index (κ2) is 5.20. The van der Waals surface area contributed by atoms with Crippen molar-refractivity contribution < 1.29 is 9.59 Å². The summed E-state index contributed by atoms with van der Waals surface area (Å²) in [5.74, 6) is 1.05. The van der Waals surface area contributed by atoms with Crippen LogP contribution in [0.2, 0.25) is 0 Å². The molecule has 0 spiro atoms. The topological polar surface area (TPSA) is 49.4 Å². The van der Waals surface area contributed by atoms with E-state index in [1.54, 1.807) is 0 Å². The Hall–Kier alpha value is -1.36. The summed E-state index contributed by atoms with van der Waals surface area (Å²) in [5, 5.41) is 3.71. The van der Waals surface area contributed by atoms with E-state index in [-0.39, 0.29) is 17.7 Å². The number of carbonyl (C=O) groups excluding carboxylic acids is 2. The third-order valence-corrected chi connectivity index (χ3v) is 5.02. The van der Waals surface area contributed by atoms with E-state index in [1.165, 1.54) is 24.2 Å². The number of hydrogen-bond donors (Lipinski definition) is 1. The molecule has 2 aliphatic carbocycles. The molecular weight excluding hydrogens is 272 g/mol. The van der Waals surface area contributed by atoms with Crippen LogP contribution < -0.4 is 5.32 Å². The largest absolute Gasteiger partial charge is 0.341 e. The van der Waals surface area contributed by atoms with Crippen molar-refractivity contribution in [1.82, 2.24) is 4.90 Å². The van der Waals surface area contributed by atoms with E-state index in [1.807, 2.05) is 24.9 Å². The smallest absolute Gasteiger partial charge is 0.264 e. The molecule has 0 radical (unpaired) electrons. The van der Waals surface area contributed by atoms with Crippen LogP contribution in [0.3, 0.4) is 0 Å². The highest BCUT2D eigenvalue weighted by Crippen LogP contribution is 2.34. The number of nitrogens with one attached hydrogen (secondary N) is 1. The molecule has 0 unspecified atom stereocenters. The van der Waals surface area contributed by atoms with Crippen LogP contribution in [0.25, 0.3) is 0 Å². The van der Waals surface area contributed by atoms with Crippen LogP contribution in [0.4, 0.5) is 5.00 Å². The average molecular weight is 292 g/mol. The van der Waals surface area contributed by atoms with Crippen LogP contribution in [0, 0.1) is 18.8 Å². The Morgan fingerprint density at radius 1 is 1.35 bits per heavy atom. The lowest BCUT2D eigenvalue weighted by molar-refractivity contribution is -0.117. The van der Waals surface area contributed by atoms with Gasteiger partial charge in [-0.05, 0) is 50.2 Å². The van der Waals surface area contributed by atoms with Gasteiger partial charge in [0.2, 0.25) is 5.91 Å². The second-order valence-electron chi connectivity index (χ2n) is 6.02. The van der Waals surface area contributed by atoms with Crippen molar-refractivity contribution in [3.05, 3.63) is 16.5 Å². The fourth-order valence-corrected chi connectivity index (χ4v) is 3.34. The highest BCUT2D eigenvalue weighted by Gasteiger charge is 2.30. The van der Waals surface area contributed by atoms with Crippen LogP contribution in [-0.2, 0) is 4.79 Å². The zero-order valence-electron chi connectivity index (χ0n) is 11.9. The third kappa shape index (κ3) is 3.03. The summed E-state index contributed by atoms with van der Waals surface area (Å²) >= 11 is 1.39. The molecule has 0 saturated heterocycles. The van der Waals surface area contributed by atoms with Gasteiger partial charge in [-0.3, -0.25) is 9.59 Å². The second-order valence-corrected chi connectivity index (χ2v) is 7.07. The summed E-state index contributed by atoms with van der Waals surface area (Å²) in [7, 11) is 1.86. The molecule has 20 heavy (non-hydrogen) atoms. The fraction of sp³-hybridized carbons (Fsp3) is 0.600. The van der Waals surface area contributed by atoms with Gasteiger partial charge in [-0.2, -0.15) is 0 Å². The van der Waals surface area contributed by atoms with E-state index < -0.39 is 0 Å². The fourth-order valence-electron chi connectivity index (χ4n) is 2.27. The normalized spacial score (nSPS) is 17.9. The zero-order valence-corrected chi connectivity index (χ0v) is 12.8. The Morgan fingerprint density at radius 2 is 2.05 bits per heavy atom. The third-order valence-electron chi connectivity index (χ3n) is 3.88. The van der Waals surface area contributed by atoms with Gasteiger partial charge in [0.1, 0.15) is 0 Å². The average Bonchev–Trinajstić information content (AvgIpc) is 3.28. The summed E-state index contributed by atoms with van der Waals surface area (Å²) in [4.78, 5) is 26.7. The van der Waals surface area contributed by atoms with E-state index in [0.717, 1.165) is 34.8 Å². The number of aryl methyl sites for hydroxylation is 1. The summed E-state index contributed by atoms with van der Waals surface area (Å²) in [6.07, 6.45) is 4.46. The van der Waals surface area contributed by atoms with E-state index >= 15 is 0 Å². The number of anilines is 1. The summed E-state index contributed by atoms with van der Waals surface area (Å²) in [6.45, 7) is 2.78. The van der Waals surface area contributed by atoms with Crippen LogP contribution in [-0.4, -0.2) is 30.3 Å². The SMILES string of the molecule is Cc1cc(NC(=O)C2CC2)sc1C(=O)N(C)CC1CC1. The standard InChI is InChI=1S/C15H20N2O2S/c1-9-7-12(16-14(18)11-5-6-11)20-13(9)15(19)17(2)8-10-3-4-10/h7,10-11H,3-6,8H2,1-2H3,(H,16,18). The van der Waals surface area contributed by atoms with Crippen LogP contribution in [0.1, 0.15) is 40.9 Å². The summed E-state index contributed by atoms with van der Waals surface area (Å²) in [5.41, 5.74) is 0.953. The van der Waals surface area contributed by atoms with E-state index in [0.29, 0.717) is 5.92 Å². The molecule has 2 aliphatic rings. The predicted molar refractivity (Wildman–Crippen MR) is 80.1 cm³/mol. The molecule has 0 bridgehead atoms. The van der Waals surface area contributed by atoms with E-state index in [9.17, 15) is 9.59 Å². The van der Waals surface area contributed by atoms with Crippen molar-refractivity contribution in [1.29, 1.82) is 0 Å². The molecular formula is C15H20N2O2S. The predicted octanol–water partition coefficient (Wildman–Crippen LogP) is 2.89. The van der Waals surface area contributed by atoms with Crippen LogP contribution in [0.5, 0.6) is 0 Å². The summed E-state index contributed by atoms with van der Waals surface area (Å²) in [6, 6.07) is 1.91. The minimum Gasteiger partial charge on any atom is -0.341 e. The lowest BCUT2D eigenvalue weighted by Gasteiger charge is -2.16. The van der Waals surface area contributed by atoms with Gasteiger partial charge in [0.05, 0.1) is 9.88 Å². The molecule has 5 heteroatoms. The molecule has 0 aliphatic heterocycles. The maximum Gasteiger partial charge on any atom is 0.264 e. The molecule has 3 rings (SSSR count). The Balaban J connectivity index is 1.67.